The number of thioether (sulfide) groups is 1. The third kappa shape index (κ3) is 5.24. The lowest BCUT2D eigenvalue weighted by molar-refractivity contribution is 0.105. The van der Waals surface area contributed by atoms with Crippen LogP contribution in [0.25, 0.3) is 10.6 Å². The maximum atomic E-state index is 13.4. The number of rotatable bonds is 9. The number of methoxy groups -OCH3 is 1. The highest BCUT2D eigenvalue weighted by Gasteiger charge is 2.27. The molecule has 0 fully saturated rings. The average molecular weight is 511 g/mol. The minimum atomic E-state index is -0.107. The van der Waals surface area contributed by atoms with E-state index in [1.165, 1.54) is 11.3 Å². The minimum Gasteiger partial charge on any atom is -0.497 e. The fraction of sp³-hybridized carbons (Fsp3) is 0.333. The number of ether oxygens (including phenoxy) is 2. The van der Waals surface area contributed by atoms with Gasteiger partial charge in [0, 0.05) is 36.2 Å². The number of hydrogen-bond donors (Lipinski definition) is 0. The summed E-state index contributed by atoms with van der Waals surface area (Å²) in [7, 11) is 3.32. The van der Waals surface area contributed by atoms with Crippen molar-refractivity contribution in [3.63, 3.8) is 0 Å². The normalized spacial score (nSPS) is 15.3. The number of aromatic nitrogens is 1. The number of fused-ring (bicyclic) bond motifs is 1. The molecule has 35 heavy (non-hydrogen) atoms. The lowest BCUT2D eigenvalue weighted by atomic mass is 10.1. The Balaban J connectivity index is 1.75. The van der Waals surface area contributed by atoms with Gasteiger partial charge in [-0.15, -0.1) is 11.3 Å². The number of thiazole rings is 1. The van der Waals surface area contributed by atoms with Crippen LogP contribution in [-0.4, -0.2) is 37.2 Å². The summed E-state index contributed by atoms with van der Waals surface area (Å²) in [4.78, 5) is 29.8. The summed E-state index contributed by atoms with van der Waals surface area (Å²) < 4.78 is 13.9. The molecule has 8 heteroatoms. The van der Waals surface area contributed by atoms with E-state index in [0.717, 1.165) is 35.1 Å². The number of unbranched alkanes of at least 4 members (excludes halogenated alkanes) is 1. The number of nitrogens with zero attached hydrogens (tertiary/aromatic N) is 2. The van der Waals surface area contributed by atoms with Crippen molar-refractivity contribution in [2.45, 2.75) is 31.6 Å². The molecule has 0 unspecified atom stereocenters. The maximum Gasteiger partial charge on any atom is 0.271 e. The van der Waals surface area contributed by atoms with Crippen molar-refractivity contribution in [3.05, 3.63) is 73.6 Å². The van der Waals surface area contributed by atoms with Crippen LogP contribution in [0.5, 0.6) is 5.75 Å². The van der Waals surface area contributed by atoms with Gasteiger partial charge in [-0.3, -0.25) is 9.59 Å². The highest BCUT2D eigenvalue weighted by molar-refractivity contribution is 8.08. The number of para-hydroxylation sites is 1. The van der Waals surface area contributed by atoms with Gasteiger partial charge in [0.25, 0.3) is 5.56 Å². The summed E-state index contributed by atoms with van der Waals surface area (Å²) in [5.74, 6) is 0.586. The van der Waals surface area contributed by atoms with Crippen LogP contribution >= 0.6 is 23.1 Å². The summed E-state index contributed by atoms with van der Waals surface area (Å²) in [6, 6.07) is 15.2. The second-order valence-corrected chi connectivity index (χ2v) is 10.3. The van der Waals surface area contributed by atoms with Crippen LogP contribution in [0.4, 0.5) is 5.69 Å². The van der Waals surface area contributed by atoms with Gasteiger partial charge in [-0.1, -0.05) is 37.2 Å². The molecule has 1 aliphatic rings. The number of ketones is 1. The van der Waals surface area contributed by atoms with E-state index < -0.39 is 0 Å². The van der Waals surface area contributed by atoms with E-state index >= 15 is 0 Å². The van der Waals surface area contributed by atoms with Crippen molar-refractivity contribution >= 4 is 45.2 Å². The molecule has 0 saturated heterocycles. The molecule has 1 aliphatic heterocycles. The van der Waals surface area contributed by atoms with Gasteiger partial charge >= 0.3 is 0 Å². The van der Waals surface area contributed by atoms with E-state index in [0.29, 0.717) is 39.2 Å². The zero-order chi connectivity index (χ0) is 24.9. The molecular formula is C27H30N2O4S2. The second kappa shape index (κ2) is 11.3. The molecule has 0 atom stereocenters. The number of carbonyl (C=O) groups excluding carboxylic acids is 1. The number of benzene rings is 2. The Kier molecular flexibility index (Phi) is 8.15. The average Bonchev–Trinajstić information content (AvgIpc) is 3.40. The van der Waals surface area contributed by atoms with Gasteiger partial charge < -0.3 is 18.9 Å². The predicted molar refractivity (Wildman–Crippen MR) is 144 cm³/mol. The maximum absolute atomic E-state index is 13.4. The van der Waals surface area contributed by atoms with Crippen molar-refractivity contribution in [1.29, 1.82) is 0 Å². The molecular weight excluding hydrogens is 480 g/mol. The third-order valence-electron chi connectivity index (χ3n) is 5.92. The molecule has 0 spiro atoms. The van der Waals surface area contributed by atoms with Gasteiger partial charge in [0.1, 0.15) is 20.0 Å². The van der Waals surface area contributed by atoms with Gasteiger partial charge in [-0.25, -0.2) is 0 Å². The van der Waals surface area contributed by atoms with Crippen molar-refractivity contribution in [3.8, 4) is 5.75 Å². The van der Waals surface area contributed by atoms with Crippen LogP contribution < -0.4 is 24.4 Å². The van der Waals surface area contributed by atoms with Crippen LogP contribution in [0.15, 0.2) is 58.2 Å². The van der Waals surface area contributed by atoms with Crippen molar-refractivity contribution < 1.29 is 14.3 Å². The molecule has 0 aliphatic carbocycles. The fourth-order valence-electron chi connectivity index (χ4n) is 3.90. The highest BCUT2D eigenvalue weighted by Crippen LogP contribution is 2.45. The lowest BCUT2D eigenvalue weighted by Gasteiger charge is -2.19. The molecule has 1 aromatic heterocycles. The highest BCUT2D eigenvalue weighted by atomic mass is 32.2. The van der Waals surface area contributed by atoms with Crippen molar-refractivity contribution in [2.75, 3.05) is 31.8 Å². The summed E-state index contributed by atoms with van der Waals surface area (Å²) in [5.41, 5.74) is 2.09. The molecule has 3 aromatic rings. The van der Waals surface area contributed by atoms with Crippen LogP contribution in [0.1, 0.15) is 37.0 Å². The van der Waals surface area contributed by atoms with E-state index in [4.69, 9.17) is 9.47 Å². The quantitative estimate of drug-likeness (QED) is 0.320. The van der Waals surface area contributed by atoms with Gasteiger partial charge in [-0.2, -0.15) is 0 Å². The van der Waals surface area contributed by atoms with Crippen molar-refractivity contribution in [1.82, 2.24) is 4.57 Å². The number of Topliss-reactive ketones (excluding diaryl/α,β-unsaturated/α-hetero) is 1. The Morgan fingerprint density at radius 1 is 1.06 bits per heavy atom. The molecule has 0 radical (unpaired) electrons. The largest absolute Gasteiger partial charge is 0.497 e. The first-order valence-corrected chi connectivity index (χ1v) is 13.3. The standard InChI is InChI=1S/C27H30N2O4S2/c1-5-6-16-33-17-15-29-21-9-7-8-10-22(21)34-27(29)24-25(31)28(3)26(35-24)18(2)23(30)19-11-13-20(32-4)14-12-19/h7-14H,5-6,15-17H2,1-4H3. The van der Waals surface area contributed by atoms with Gasteiger partial charge in [0.15, 0.2) is 5.78 Å². The SMILES string of the molecule is CCCCOCCN1C(=c2sc(=C(C)C(=O)c3ccc(OC)cc3)n(C)c2=O)Sc2ccccc21. The molecule has 0 amide bonds. The smallest absolute Gasteiger partial charge is 0.271 e. The summed E-state index contributed by atoms with van der Waals surface area (Å²) >= 11 is 2.97. The third-order valence-corrected chi connectivity index (χ3v) is 8.58. The summed E-state index contributed by atoms with van der Waals surface area (Å²) in [5, 5.41) is 0.895. The molecule has 0 bridgehead atoms. The van der Waals surface area contributed by atoms with Crippen LogP contribution in [0.3, 0.4) is 0 Å². The predicted octanol–water partition coefficient (Wildman–Crippen LogP) is 4.00. The monoisotopic (exact) mass is 510 g/mol. The Hall–Kier alpha value is -2.81. The molecule has 6 nitrogen and oxygen atoms in total. The van der Waals surface area contributed by atoms with E-state index in [9.17, 15) is 9.59 Å². The summed E-state index contributed by atoms with van der Waals surface area (Å²) in [6.07, 6.45) is 2.13. The van der Waals surface area contributed by atoms with Gasteiger partial charge in [0.2, 0.25) is 0 Å². The minimum absolute atomic E-state index is 0.0981. The Morgan fingerprint density at radius 2 is 1.80 bits per heavy atom. The van der Waals surface area contributed by atoms with E-state index in [-0.39, 0.29) is 11.3 Å². The first kappa shape index (κ1) is 25.3. The summed E-state index contributed by atoms with van der Waals surface area (Å²) in [6.45, 7) is 5.90. The Bertz CT molecular complexity index is 1390. The molecule has 0 saturated carbocycles. The molecule has 4 rings (SSSR count). The van der Waals surface area contributed by atoms with Crippen LogP contribution in [-0.2, 0) is 11.8 Å². The number of hydrogen-bond acceptors (Lipinski definition) is 7. The first-order valence-electron chi connectivity index (χ1n) is 11.7. The zero-order valence-corrected chi connectivity index (χ0v) is 22.1. The Labute approximate surface area is 213 Å². The molecule has 2 aromatic carbocycles. The fourth-order valence-corrected chi connectivity index (χ4v) is 6.35. The number of carbonyl (C=O) groups is 1. The van der Waals surface area contributed by atoms with Crippen LogP contribution in [0, 0.1) is 0 Å². The molecule has 184 valence electrons. The van der Waals surface area contributed by atoms with E-state index in [1.807, 2.05) is 12.1 Å². The van der Waals surface area contributed by atoms with Crippen molar-refractivity contribution in [2.24, 2.45) is 7.05 Å². The first-order chi connectivity index (χ1) is 17.0. The Morgan fingerprint density at radius 3 is 2.51 bits per heavy atom. The number of anilines is 1. The molecule has 0 N–H and O–H groups in total. The lowest BCUT2D eigenvalue weighted by Crippen LogP contribution is -2.34. The van der Waals surface area contributed by atoms with E-state index in [2.05, 4.69) is 24.0 Å². The van der Waals surface area contributed by atoms with Gasteiger partial charge in [0.05, 0.1) is 19.4 Å². The van der Waals surface area contributed by atoms with E-state index in [1.54, 1.807) is 61.7 Å². The molecule has 2 heterocycles. The van der Waals surface area contributed by atoms with Crippen LogP contribution in [0.2, 0.25) is 0 Å². The second-order valence-electron chi connectivity index (χ2n) is 8.28. The zero-order valence-electron chi connectivity index (χ0n) is 20.5. The topological polar surface area (TPSA) is 60.8 Å². The van der Waals surface area contributed by atoms with Gasteiger partial charge in [-0.05, 0) is 49.7 Å².